The molecule has 0 saturated carbocycles. The molecule has 0 aliphatic carbocycles. The molecule has 0 saturated heterocycles. The summed E-state index contributed by atoms with van der Waals surface area (Å²) in [5, 5.41) is 2.68. The van der Waals surface area contributed by atoms with E-state index in [0.717, 1.165) is 16.7 Å². The zero-order valence-corrected chi connectivity index (χ0v) is 21.8. The predicted octanol–water partition coefficient (Wildman–Crippen LogP) is 4.26. The third kappa shape index (κ3) is 9.55. The number of rotatable bonds is 9. The van der Waals surface area contributed by atoms with Crippen molar-refractivity contribution in [3.63, 3.8) is 0 Å². The first-order valence-electron chi connectivity index (χ1n) is 11.9. The van der Waals surface area contributed by atoms with Gasteiger partial charge < -0.3 is 19.5 Å². The number of benzene rings is 2. The highest BCUT2D eigenvalue weighted by Gasteiger charge is 2.31. The smallest absolute Gasteiger partial charge is 0.328 e. The van der Waals surface area contributed by atoms with Gasteiger partial charge in [-0.15, -0.1) is 0 Å². The lowest BCUT2D eigenvalue weighted by Crippen LogP contribution is -2.46. The zero-order chi connectivity index (χ0) is 26.7. The van der Waals surface area contributed by atoms with E-state index in [-0.39, 0.29) is 6.42 Å². The van der Waals surface area contributed by atoms with Crippen molar-refractivity contribution in [2.24, 2.45) is 5.92 Å². The van der Waals surface area contributed by atoms with Crippen LogP contribution < -0.4 is 5.32 Å². The van der Waals surface area contributed by atoms with Crippen LogP contribution in [-0.2, 0) is 30.4 Å². The Kier molecular flexibility index (Phi) is 10.7. The van der Waals surface area contributed by atoms with Gasteiger partial charge in [-0.1, -0.05) is 30.9 Å². The Morgan fingerprint density at radius 2 is 1.50 bits per heavy atom. The number of nitrogens with one attached hydrogen (secondary N) is 1. The second-order valence-electron chi connectivity index (χ2n) is 9.40. The molecule has 36 heavy (non-hydrogen) atoms. The van der Waals surface area contributed by atoms with Gasteiger partial charge in [-0.05, 0) is 75.6 Å². The minimum Gasteiger partial charge on any atom is -0.467 e. The third-order valence-electron chi connectivity index (χ3n) is 5.14. The number of hydrogen-bond donors (Lipinski definition) is 1. The molecule has 7 heteroatoms. The molecule has 0 bridgehead atoms. The van der Waals surface area contributed by atoms with Crippen LogP contribution in [0.25, 0.3) is 0 Å². The highest BCUT2D eigenvalue weighted by atomic mass is 16.6. The van der Waals surface area contributed by atoms with E-state index in [9.17, 15) is 14.4 Å². The Bertz CT molecular complexity index is 1090. The summed E-state index contributed by atoms with van der Waals surface area (Å²) in [5.41, 5.74) is 2.42. The van der Waals surface area contributed by atoms with Gasteiger partial charge in [0.2, 0.25) is 0 Å². The van der Waals surface area contributed by atoms with E-state index in [4.69, 9.17) is 14.2 Å². The van der Waals surface area contributed by atoms with Crippen LogP contribution in [0.3, 0.4) is 0 Å². The number of methoxy groups -OCH3 is 1. The van der Waals surface area contributed by atoms with Crippen LogP contribution in [0.1, 0.15) is 68.1 Å². The van der Waals surface area contributed by atoms with Gasteiger partial charge in [-0.2, -0.15) is 0 Å². The van der Waals surface area contributed by atoms with Crippen LogP contribution in [0, 0.1) is 17.8 Å². The summed E-state index contributed by atoms with van der Waals surface area (Å²) >= 11 is 0. The first-order chi connectivity index (χ1) is 17.0. The lowest BCUT2D eigenvalue weighted by molar-refractivity contribution is -0.156. The quantitative estimate of drug-likeness (QED) is 0.415. The maximum Gasteiger partial charge on any atom is 0.328 e. The summed E-state index contributed by atoms with van der Waals surface area (Å²) in [6, 6.07) is 13.6. The van der Waals surface area contributed by atoms with Crippen molar-refractivity contribution in [2.45, 2.75) is 59.3 Å². The van der Waals surface area contributed by atoms with Crippen LogP contribution >= 0.6 is 0 Å². The molecule has 1 N–H and O–H groups in total. The molecule has 2 aromatic carbocycles. The molecule has 0 spiro atoms. The number of esters is 2. The van der Waals surface area contributed by atoms with Gasteiger partial charge >= 0.3 is 11.9 Å². The molecule has 1 amide bonds. The molecule has 192 valence electrons. The summed E-state index contributed by atoms with van der Waals surface area (Å²) in [6.07, 6.45) is -0.0432. The second-order valence-corrected chi connectivity index (χ2v) is 9.40. The van der Waals surface area contributed by atoms with Crippen LogP contribution in [0.4, 0.5) is 0 Å². The Hall–Kier alpha value is -3.63. The van der Waals surface area contributed by atoms with E-state index in [0.29, 0.717) is 18.8 Å². The van der Waals surface area contributed by atoms with Crippen LogP contribution in [0.2, 0.25) is 0 Å². The Morgan fingerprint density at radius 3 is 2.00 bits per heavy atom. The van der Waals surface area contributed by atoms with Gasteiger partial charge in [-0.3, -0.25) is 9.59 Å². The summed E-state index contributed by atoms with van der Waals surface area (Å²) < 4.78 is 15.6. The van der Waals surface area contributed by atoms with Crippen molar-refractivity contribution in [1.29, 1.82) is 0 Å². The second kappa shape index (κ2) is 13.5. The van der Waals surface area contributed by atoms with Gasteiger partial charge in [0.05, 0.1) is 20.1 Å². The first-order valence-corrected chi connectivity index (χ1v) is 11.9. The van der Waals surface area contributed by atoms with E-state index >= 15 is 0 Å². The standard InChI is InChI=1S/C29H35NO6/c1-7-35-19-23-12-10-21(11-13-23)8-9-22-14-16-24(17-15-22)27(32)30-26(28(33)34-6)20(2)18-25(31)36-29(3,4)5/h10-17,20,26H,7,18-19H2,1-6H3,(H,30,32)/t20-,26-/m0/s1. The molecule has 0 aliphatic heterocycles. The summed E-state index contributed by atoms with van der Waals surface area (Å²) in [4.78, 5) is 37.3. The Balaban J connectivity index is 2.04. The molecule has 0 aromatic heterocycles. The molecule has 0 heterocycles. The van der Waals surface area contributed by atoms with Gasteiger partial charge in [0, 0.05) is 23.3 Å². The maximum atomic E-state index is 12.8. The number of carbonyl (C=O) groups is 3. The lowest BCUT2D eigenvalue weighted by atomic mass is 9.97. The topological polar surface area (TPSA) is 90.9 Å². The van der Waals surface area contributed by atoms with Crippen molar-refractivity contribution in [3.8, 4) is 11.8 Å². The average molecular weight is 494 g/mol. The molecule has 0 radical (unpaired) electrons. The van der Waals surface area contributed by atoms with Crippen LogP contribution in [0.5, 0.6) is 0 Å². The molecule has 2 rings (SSSR count). The van der Waals surface area contributed by atoms with E-state index in [1.807, 2.05) is 31.2 Å². The molecule has 2 atom stereocenters. The van der Waals surface area contributed by atoms with Gasteiger partial charge in [0.1, 0.15) is 11.6 Å². The van der Waals surface area contributed by atoms with E-state index in [1.54, 1.807) is 52.0 Å². The van der Waals surface area contributed by atoms with Crippen LogP contribution in [0.15, 0.2) is 48.5 Å². The van der Waals surface area contributed by atoms with Gasteiger partial charge in [0.15, 0.2) is 0 Å². The highest BCUT2D eigenvalue weighted by molar-refractivity contribution is 5.97. The highest BCUT2D eigenvalue weighted by Crippen LogP contribution is 2.16. The number of hydrogen-bond acceptors (Lipinski definition) is 6. The number of carbonyl (C=O) groups excluding carboxylic acids is 3. The number of ether oxygens (including phenoxy) is 3. The molecule has 0 fully saturated rings. The molecule has 7 nitrogen and oxygen atoms in total. The van der Waals surface area contributed by atoms with Crippen molar-refractivity contribution >= 4 is 17.8 Å². The monoisotopic (exact) mass is 493 g/mol. The molecular weight excluding hydrogens is 458 g/mol. The Labute approximate surface area is 213 Å². The van der Waals surface area contributed by atoms with Crippen molar-refractivity contribution in [2.75, 3.05) is 13.7 Å². The summed E-state index contributed by atoms with van der Waals surface area (Å²) in [7, 11) is 1.24. The van der Waals surface area contributed by atoms with E-state index in [1.165, 1.54) is 7.11 Å². The van der Waals surface area contributed by atoms with Crippen molar-refractivity contribution < 1.29 is 28.6 Å². The predicted molar refractivity (Wildman–Crippen MR) is 137 cm³/mol. The van der Waals surface area contributed by atoms with E-state index < -0.39 is 35.4 Å². The summed E-state index contributed by atoms with van der Waals surface area (Å²) in [5.74, 6) is 4.11. The lowest BCUT2D eigenvalue weighted by Gasteiger charge is -2.25. The largest absolute Gasteiger partial charge is 0.467 e. The SMILES string of the molecule is CCOCc1ccc(C#Cc2ccc(C(=O)N[C@H](C(=O)OC)[C@@H](C)CC(=O)OC(C)(C)C)cc2)cc1. The first kappa shape index (κ1) is 28.6. The zero-order valence-electron chi connectivity index (χ0n) is 21.8. The van der Waals surface area contributed by atoms with E-state index in [2.05, 4.69) is 17.2 Å². The minimum absolute atomic E-state index is 0.0432. The van der Waals surface area contributed by atoms with Gasteiger partial charge in [0.25, 0.3) is 5.91 Å². The molecule has 2 aromatic rings. The van der Waals surface area contributed by atoms with Crippen molar-refractivity contribution in [3.05, 3.63) is 70.8 Å². The minimum atomic E-state index is -1.000. The third-order valence-corrected chi connectivity index (χ3v) is 5.14. The molecular formula is C29H35NO6. The average Bonchev–Trinajstić information content (AvgIpc) is 2.83. The normalized spacial score (nSPS) is 12.5. The fourth-order valence-electron chi connectivity index (χ4n) is 3.30. The van der Waals surface area contributed by atoms with Crippen molar-refractivity contribution in [1.82, 2.24) is 5.32 Å². The maximum absolute atomic E-state index is 12.8. The fraction of sp³-hybridized carbons (Fsp3) is 0.414. The van der Waals surface area contributed by atoms with Gasteiger partial charge in [-0.25, -0.2) is 4.79 Å². The molecule has 0 unspecified atom stereocenters. The molecule has 0 aliphatic rings. The number of amides is 1. The fourth-order valence-corrected chi connectivity index (χ4v) is 3.30. The Morgan fingerprint density at radius 1 is 0.944 bits per heavy atom. The van der Waals surface area contributed by atoms with Crippen LogP contribution in [-0.4, -0.2) is 43.2 Å². The summed E-state index contributed by atoms with van der Waals surface area (Å²) in [6.45, 7) is 10.2.